The van der Waals surface area contributed by atoms with Crippen LogP contribution in [-0.2, 0) is 13.1 Å². The van der Waals surface area contributed by atoms with Crippen molar-refractivity contribution >= 4 is 11.6 Å². The summed E-state index contributed by atoms with van der Waals surface area (Å²) in [4.78, 5) is 24.9. The lowest BCUT2D eigenvalue weighted by Crippen LogP contribution is -2.37. The molecule has 0 aliphatic rings. The van der Waals surface area contributed by atoms with E-state index in [1.54, 1.807) is 0 Å². The average Bonchev–Trinajstić information content (AvgIpc) is 2.81. The molecule has 158 valence electrons. The van der Waals surface area contributed by atoms with E-state index in [1.807, 2.05) is 121 Å². The fourth-order valence-corrected chi connectivity index (χ4v) is 3.50. The summed E-state index contributed by atoms with van der Waals surface area (Å²) in [7, 11) is 0. The lowest BCUT2D eigenvalue weighted by atomic mass is 10.1. The standard InChI is InChI=1S/C28H26N2O2/c1-21-3-7-25(8-4-21)27(31)19-29-15-11-23(12-16-29)24-13-17-30(18-14-24)20-28(32)26-9-5-22(2)6-10-26/h3-18H,19-20H2,1-2H3/q+2. The van der Waals surface area contributed by atoms with Gasteiger partial charge in [0.25, 0.3) is 0 Å². The molecule has 0 atom stereocenters. The Bertz CT molecular complexity index is 1120. The zero-order valence-electron chi connectivity index (χ0n) is 18.4. The number of nitrogens with zero attached hydrogens (tertiary/aromatic N) is 2. The molecule has 4 aromatic rings. The second-order valence-electron chi connectivity index (χ2n) is 8.10. The normalized spacial score (nSPS) is 10.7. The first-order chi connectivity index (χ1) is 15.5. The second kappa shape index (κ2) is 9.48. The number of Topliss-reactive ketones (excluding diaryl/α,β-unsaturated/α-hetero) is 2. The molecule has 0 fully saturated rings. The molecule has 0 aliphatic heterocycles. The fraction of sp³-hybridized carbons (Fsp3) is 0.143. The first-order valence-electron chi connectivity index (χ1n) is 10.7. The summed E-state index contributed by atoms with van der Waals surface area (Å²) in [5.41, 5.74) is 5.84. The van der Waals surface area contributed by atoms with Gasteiger partial charge in [-0.2, -0.15) is 9.13 Å². The molecule has 4 heteroatoms. The highest BCUT2D eigenvalue weighted by atomic mass is 16.1. The van der Waals surface area contributed by atoms with E-state index in [1.165, 1.54) is 0 Å². The maximum Gasteiger partial charge on any atom is 0.227 e. The van der Waals surface area contributed by atoms with Crippen molar-refractivity contribution in [3.8, 4) is 11.1 Å². The van der Waals surface area contributed by atoms with Crippen molar-refractivity contribution in [2.45, 2.75) is 26.9 Å². The van der Waals surface area contributed by atoms with E-state index in [9.17, 15) is 9.59 Å². The van der Waals surface area contributed by atoms with Crippen LogP contribution in [0.25, 0.3) is 11.1 Å². The molecule has 0 spiro atoms. The van der Waals surface area contributed by atoms with Gasteiger partial charge in [0, 0.05) is 35.4 Å². The zero-order valence-corrected chi connectivity index (χ0v) is 18.4. The third-order valence-corrected chi connectivity index (χ3v) is 5.52. The first kappa shape index (κ1) is 21.3. The Balaban J connectivity index is 1.39. The van der Waals surface area contributed by atoms with Crippen molar-refractivity contribution in [2.75, 3.05) is 0 Å². The first-order valence-corrected chi connectivity index (χ1v) is 10.7. The number of aromatic nitrogens is 2. The molecule has 2 aromatic heterocycles. The summed E-state index contributed by atoms with van der Waals surface area (Å²) in [6, 6.07) is 23.3. The van der Waals surface area contributed by atoms with Crippen LogP contribution in [0.5, 0.6) is 0 Å². The van der Waals surface area contributed by atoms with Gasteiger partial charge in [0.15, 0.2) is 24.8 Å². The number of pyridine rings is 2. The summed E-state index contributed by atoms with van der Waals surface area (Å²) < 4.78 is 3.77. The van der Waals surface area contributed by atoms with E-state index in [0.717, 1.165) is 33.4 Å². The topological polar surface area (TPSA) is 41.9 Å². The summed E-state index contributed by atoms with van der Waals surface area (Å²) in [5, 5.41) is 0. The van der Waals surface area contributed by atoms with Crippen molar-refractivity contribution in [3.63, 3.8) is 0 Å². The Morgan fingerprint density at radius 2 is 0.844 bits per heavy atom. The van der Waals surface area contributed by atoms with E-state index in [4.69, 9.17) is 0 Å². The lowest BCUT2D eigenvalue weighted by molar-refractivity contribution is -0.683. The molecule has 0 N–H and O–H groups in total. The predicted molar refractivity (Wildman–Crippen MR) is 123 cm³/mol. The minimum atomic E-state index is 0.0850. The number of benzene rings is 2. The van der Waals surface area contributed by atoms with E-state index in [2.05, 4.69) is 0 Å². The van der Waals surface area contributed by atoms with Crippen molar-refractivity contribution < 1.29 is 18.7 Å². The van der Waals surface area contributed by atoms with Crippen LogP contribution in [0.3, 0.4) is 0 Å². The summed E-state index contributed by atoms with van der Waals surface area (Å²) >= 11 is 0. The third kappa shape index (κ3) is 5.22. The van der Waals surface area contributed by atoms with Gasteiger partial charge in [-0.25, -0.2) is 0 Å². The van der Waals surface area contributed by atoms with Crippen LogP contribution in [0.2, 0.25) is 0 Å². The Kier molecular flexibility index (Phi) is 6.31. The smallest absolute Gasteiger partial charge is 0.227 e. The quantitative estimate of drug-likeness (QED) is 0.329. The van der Waals surface area contributed by atoms with Gasteiger partial charge in [0.1, 0.15) is 0 Å². The molecule has 0 radical (unpaired) electrons. The molecule has 0 bridgehead atoms. The summed E-state index contributed by atoms with van der Waals surface area (Å²) in [5.74, 6) is 0.170. The van der Waals surface area contributed by atoms with Gasteiger partial charge in [0.2, 0.25) is 24.7 Å². The van der Waals surface area contributed by atoms with Crippen LogP contribution in [0.1, 0.15) is 31.8 Å². The Labute approximate surface area is 188 Å². The third-order valence-electron chi connectivity index (χ3n) is 5.52. The molecule has 0 aliphatic carbocycles. The maximum absolute atomic E-state index is 12.5. The van der Waals surface area contributed by atoms with E-state index >= 15 is 0 Å². The number of hydrogen-bond acceptors (Lipinski definition) is 2. The van der Waals surface area contributed by atoms with Gasteiger partial charge in [-0.05, 0) is 25.0 Å². The molecule has 0 saturated carbocycles. The molecule has 0 amide bonds. The van der Waals surface area contributed by atoms with Crippen LogP contribution in [-0.4, -0.2) is 11.6 Å². The summed E-state index contributed by atoms with van der Waals surface area (Å²) in [6.45, 7) is 4.63. The minimum Gasteiger partial charge on any atom is -0.287 e. The predicted octanol–water partition coefficient (Wildman–Crippen LogP) is 4.31. The van der Waals surface area contributed by atoms with Crippen molar-refractivity contribution in [2.24, 2.45) is 0 Å². The van der Waals surface area contributed by atoms with E-state index < -0.39 is 0 Å². The highest BCUT2D eigenvalue weighted by Crippen LogP contribution is 2.16. The second-order valence-corrected chi connectivity index (χ2v) is 8.10. The Morgan fingerprint density at radius 1 is 0.531 bits per heavy atom. The molecule has 32 heavy (non-hydrogen) atoms. The van der Waals surface area contributed by atoms with Crippen molar-refractivity contribution in [3.05, 3.63) is 120 Å². The molecular formula is C28H26N2O2+2. The van der Waals surface area contributed by atoms with Crippen LogP contribution < -0.4 is 9.13 Å². The number of hydrogen-bond donors (Lipinski definition) is 0. The van der Waals surface area contributed by atoms with Crippen LogP contribution in [0.15, 0.2) is 97.6 Å². The van der Waals surface area contributed by atoms with Crippen molar-refractivity contribution in [1.82, 2.24) is 0 Å². The van der Waals surface area contributed by atoms with Gasteiger partial charge in [-0.15, -0.1) is 0 Å². The van der Waals surface area contributed by atoms with Gasteiger partial charge in [0.05, 0.1) is 0 Å². The molecule has 2 aromatic carbocycles. The van der Waals surface area contributed by atoms with Gasteiger partial charge < -0.3 is 0 Å². The SMILES string of the molecule is Cc1ccc(C(=O)C[n+]2ccc(-c3cc[n+](CC(=O)c4ccc(C)cc4)cc3)cc2)cc1. The van der Waals surface area contributed by atoms with E-state index in [0.29, 0.717) is 13.1 Å². The molecule has 4 nitrogen and oxygen atoms in total. The maximum atomic E-state index is 12.5. The molecule has 4 rings (SSSR count). The number of aryl methyl sites for hydroxylation is 2. The monoisotopic (exact) mass is 422 g/mol. The average molecular weight is 423 g/mol. The fourth-order valence-electron chi connectivity index (χ4n) is 3.50. The number of rotatable bonds is 7. The van der Waals surface area contributed by atoms with E-state index in [-0.39, 0.29) is 11.6 Å². The highest BCUT2D eigenvalue weighted by Gasteiger charge is 2.14. The molecular weight excluding hydrogens is 396 g/mol. The zero-order chi connectivity index (χ0) is 22.5. The molecule has 0 unspecified atom stereocenters. The van der Waals surface area contributed by atoms with Gasteiger partial charge in [-0.1, -0.05) is 59.7 Å². The number of carbonyl (C=O) groups excluding carboxylic acids is 2. The molecule has 0 saturated heterocycles. The Morgan fingerprint density at radius 3 is 1.16 bits per heavy atom. The van der Waals surface area contributed by atoms with Crippen LogP contribution >= 0.6 is 0 Å². The number of carbonyl (C=O) groups is 2. The minimum absolute atomic E-state index is 0.0850. The number of ketones is 2. The van der Waals surface area contributed by atoms with Crippen LogP contribution in [0, 0.1) is 13.8 Å². The highest BCUT2D eigenvalue weighted by molar-refractivity contribution is 5.95. The Hall–Kier alpha value is -3.92. The van der Waals surface area contributed by atoms with Crippen LogP contribution in [0.4, 0.5) is 0 Å². The van der Waals surface area contributed by atoms with Gasteiger partial charge in [-0.3, -0.25) is 9.59 Å². The summed E-state index contributed by atoms with van der Waals surface area (Å²) in [6.07, 6.45) is 7.68. The van der Waals surface area contributed by atoms with Gasteiger partial charge >= 0.3 is 0 Å². The van der Waals surface area contributed by atoms with Crippen molar-refractivity contribution in [1.29, 1.82) is 0 Å². The largest absolute Gasteiger partial charge is 0.287 e. The lowest BCUT2D eigenvalue weighted by Gasteiger charge is -2.03. The molecule has 2 heterocycles.